The highest BCUT2D eigenvalue weighted by atomic mass is 16.2. The lowest BCUT2D eigenvalue weighted by molar-refractivity contribution is -0.121. The van der Waals surface area contributed by atoms with Crippen molar-refractivity contribution < 1.29 is 14.4 Å². The van der Waals surface area contributed by atoms with Gasteiger partial charge in [-0.3, -0.25) is 19.3 Å². The number of hydrogen-bond donors (Lipinski definition) is 1. The first kappa shape index (κ1) is 19.7. The van der Waals surface area contributed by atoms with Crippen LogP contribution in [0.5, 0.6) is 0 Å². The van der Waals surface area contributed by atoms with Crippen LogP contribution in [0.1, 0.15) is 68.6 Å². The molecule has 0 radical (unpaired) electrons. The quantitative estimate of drug-likeness (QED) is 0.751. The smallest absolute Gasteiger partial charge is 0.257 e. The Balaban J connectivity index is 1.40. The Hall–Kier alpha value is -2.63. The average molecular weight is 396 g/mol. The van der Waals surface area contributed by atoms with E-state index in [4.69, 9.17) is 0 Å². The van der Waals surface area contributed by atoms with E-state index in [2.05, 4.69) is 11.4 Å². The number of allylic oxidation sites excluding steroid dienone is 1. The minimum Gasteiger partial charge on any atom is -0.356 e. The van der Waals surface area contributed by atoms with Crippen LogP contribution < -0.4 is 10.2 Å². The summed E-state index contributed by atoms with van der Waals surface area (Å²) in [5, 5.41) is 2.99. The SMILES string of the molecule is CC12CCC(=O)N1c1ccccc1C(=O)N2CCC(=O)NCCC1=CCCCC1. The fraction of sp³-hybridized carbons (Fsp3) is 0.522. The van der Waals surface area contributed by atoms with E-state index in [9.17, 15) is 14.4 Å². The van der Waals surface area contributed by atoms with Crippen molar-refractivity contribution in [1.29, 1.82) is 0 Å². The number of benzene rings is 1. The van der Waals surface area contributed by atoms with E-state index in [0.29, 0.717) is 37.2 Å². The number of nitrogens with one attached hydrogen (secondary N) is 1. The van der Waals surface area contributed by atoms with E-state index in [1.54, 1.807) is 15.9 Å². The van der Waals surface area contributed by atoms with E-state index < -0.39 is 5.66 Å². The number of rotatable bonds is 6. The number of amides is 3. The van der Waals surface area contributed by atoms with Crippen LogP contribution in [0.25, 0.3) is 0 Å². The van der Waals surface area contributed by atoms with Crippen molar-refractivity contribution in [2.75, 3.05) is 18.0 Å². The molecule has 3 amide bonds. The molecule has 6 nitrogen and oxygen atoms in total. The Morgan fingerprint density at radius 2 is 2.00 bits per heavy atom. The third kappa shape index (κ3) is 3.68. The third-order valence-corrected chi connectivity index (χ3v) is 6.46. The van der Waals surface area contributed by atoms with Gasteiger partial charge in [-0.25, -0.2) is 0 Å². The minimum atomic E-state index is -0.699. The molecule has 0 saturated carbocycles. The monoisotopic (exact) mass is 395 g/mol. The van der Waals surface area contributed by atoms with Crippen molar-refractivity contribution in [3.8, 4) is 0 Å². The van der Waals surface area contributed by atoms with Crippen molar-refractivity contribution in [2.45, 2.75) is 64.0 Å². The number of carbonyl (C=O) groups excluding carboxylic acids is 3. The lowest BCUT2D eigenvalue weighted by Gasteiger charge is -2.48. The molecule has 0 bridgehead atoms. The molecule has 2 aliphatic heterocycles. The maximum Gasteiger partial charge on any atom is 0.257 e. The summed E-state index contributed by atoms with van der Waals surface area (Å²) in [6.07, 6.45) is 9.23. The second kappa shape index (κ2) is 8.01. The lowest BCUT2D eigenvalue weighted by atomic mass is 9.97. The summed E-state index contributed by atoms with van der Waals surface area (Å²) in [5.74, 6) is -0.121. The molecule has 154 valence electrons. The maximum atomic E-state index is 13.2. The molecule has 2 heterocycles. The lowest BCUT2D eigenvalue weighted by Crippen LogP contribution is -2.62. The topological polar surface area (TPSA) is 69.7 Å². The summed E-state index contributed by atoms with van der Waals surface area (Å²) in [6.45, 7) is 2.88. The van der Waals surface area contributed by atoms with Gasteiger partial charge in [0, 0.05) is 25.9 Å². The highest BCUT2D eigenvalue weighted by Gasteiger charge is 2.52. The first-order valence-corrected chi connectivity index (χ1v) is 10.7. The van der Waals surface area contributed by atoms with Gasteiger partial charge in [0.2, 0.25) is 11.8 Å². The largest absolute Gasteiger partial charge is 0.356 e. The van der Waals surface area contributed by atoms with E-state index in [0.717, 1.165) is 19.3 Å². The van der Waals surface area contributed by atoms with Gasteiger partial charge in [-0.15, -0.1) is 0 Å². The van der Waals surface area contributed by atoms with Crippen LogP contribution in [0.3, 0.4) is 0 Å². The van der Waals surface area contributed by atoms with Crippen LogP contribution in [0.4, 0.5) is 5.69 Å². The van der Waals surface area contributed by atoms with Gasteiger partial charge in [-0.2, -0.15) is 0 Å². The summed E-state index contributed by atoms with van der Waals surface area (Å²) < 4.78 is 0. The zero-order valence-corrected chi connectivity index (χ0v) is 17.1. The van der Waals surface area contributed by atoms with Gasteiger partial charge in [0.05, 0.1) is 11.3 Å². The zero-order valence-electron chi connectivity index (χ0n) is 17.1. The number of nitrogens with zero attached hydrogens (tertiary/aromatic N) is 2. The third-order valence-electron chi connectivity index (χ3n) is 6.46. The molecule has 6 heteroatoms. The summed E-state index contributed by atoms with van der Waals surface area (Å²) in [7, 11) is 0. The predicted octanol–water partition coefficient (Wildman–Crippen LogP) is 3.38. The average Bonchev–Trinajstić information content (AvgIpc) is 3.04. The molecule has 4 rings (SSSR count). The second-order valence-corrected chi connectivity index (χ2v) is 8.38. The van der Waals surface area contributed by atoms with Crippen molar-refractivity contribution >= 4 is 23.4 Å². The van der Waals surface area contributed by atoms with Gasteiger partial charge >= 0.3 is 0 Å². The van der Waals surface area contributed by atoms with Gasteiger partial charge < -0.3 is 10.2 Å². The Morgan fingerprint density at radius 1 is 1.17 bits per heavy atom. The first-order chi connectivity index (χ1) is 14.0. The molecular formula is C23H29N3O3. The van der Waals surface area contributed by atoms with E-state index in [-0.39, 0.29) is 24.1 Å². The number of carbonyl (C=O) groups is 3. The van der Waals surface area contributed by atoms with E-state index >= 15 is 0 Å². The molecule has 1 aromatic rings. The number of hydrogen-bond acceptors (Lipinski definition) is 3. The molecule has 1 aromatic carbocycles. The van der Waals surface area contributed by atoms with Crippen LogP contribution >= 0.6 is 0 Å². The molecule has 1 aliphatic carbocycles. The van der Waals surface area contributed by atoms with Crippen LogP contribution in [-0.4, -0.2) is 41.4 Å². The predicted molar refractivity (Wildman–Crippen MR) is 111 cm³/mol. The Labute approximate surface area is 171 Å². The van der Waals surface area contributed by atoms with Gasteiger partial charge in [0.1, 0.15) is 5.66 Å². The maximum absolute atomic E-state index is 13.2. The fourth-order valence-electron chi connectivity index (χ4n) is 4.84. The van der Waals surface area contributed by atoms with E-state index in [1.165, 1.54) is 18.4 Å². The minimum absolute atomic E-state index is 0.0302. The fourth-order valence-corrected chi connectivity index (χ4v) is 4.84. The van der Waals surface area contributed by atoms with Crippen molar-refractivity contribution in [3.63, 3.8) is 0 Å². The zero-order chi connectivity index (χ0) is 20.4. The molecule has 0 spiro atoms. The standard InChI is InChI=1S/C23H29N3O3/c1-23-14-11-21(28)26(23)19-10-6-5-9-18(19)22(29)25(23)16-13-20(27)24-15-12-17-7-3-2-4-8-17/h5-7,9-10H,2-4,8,11-16H2,1H3,(H,24,27). The van der Waals surface area contributed by atoms with Crippen molar-refractivity contribution in [1.82, 2.24) is 10.2 Å². The molecular weight excluding hydrogens is 366 g/mol. The second-order valence-electron chi connectivity index (χ2n) is 8.38. The van der Waals surface area contributed by atoms with Crippen LogP contribution in [0.2, 0.25) is 0 Å². The number of para-hydroxylation sites is 1. The molecule has 1 unspecified atom stereocenters. The normalized spacial score (nSPS) is 23.6. The Morgan fingerprint density at radius 3 is 2.79 bits per heavy atom. The highest BCUT2D eigenvalue weighted by molar-refractivity contribution is 6.10. The summed E-state index contributed by atoms with van der Waals surface area (Å²) in [5.41, 5.74) is 1.95. The number of fused-ring (bicyclic) bond motifs is 3. The first-order valence-electron chi connectivity index (χ1n) is 10.7. The van der Waals surface area contributed by atoms with Crippen LogP contribution in [0.15, 0.2) is 35.9 Å². The highest BCUT2D eigenvalue weighted by Crippen LogP contribution is 2.43. The summed E-state index contributed by atoms with van der Waals surface area (Å²) in [4.78, 5) is 41.6. The van der Waals surface area contributed by atoms with Crippen molar-refractivity contribution in [2.24, 2.45) is 0 Å². The summed E-state index contributed by atoms with van der Waals surface area (Å²) in [6, 6.07) is 7.25. The Kier molecular flexibility index (Phi) is 5.43. The van der Waals surface area contributed by atoms with Gasteiger partial charge in [-0.1, -0.05) is 23.8 Å². The molecule has 1 fully saturated rings. The van der Waals surface area contributed by atoms with Gasteiger partial charge in [-0.05, 0) is 57.6 Å². The van der Waals surface area contributed by atoms with Crippen molar-refractivity contribution in [3.05, 3.63) is 41.5 Å². The molecule has 3 aliphatic rings. The van der Waals surface area contributed by atoms with Crippen LogP contribution in [0, 0.1) is 0 Å². The van der Waals surface area contributed by atoms with Gasteiger partial charge in [0.25, 0.3) is 5.91 Å². The van der Waals surface area contributed by atoms with E-state index in [1.807, 2.05) is 25.1 Å². The van der Waals surface area contributed by atoms with Crippen LogP contribution in [-0.2, 0) is 9.59 Å². The Bertz CT molecular complexity index is 863. The summed E-state index contributed by atoms with van der Waals surface area (Å²) >= 11 is 0. The molecule has 1 saturated heterocycles. The number of anilines is 1. The molecule has 29 heavy (non-hydrogen) atoms. The molecule has 1 atom stereocenters. The molecule has 1 N–H and O–H groups in total. The molecule has 0 aromatic heterocycles. The van der Waals surface area contributed by atoms with Gasteiger partial charge in [0.15, 0.2) is 0 Å².